The van der Waals surface area contributed by atoms with Crippen LogP contribution in [0.1, 0.15) is 183 Å². The van der Waals surface area contributed by atoms with Gasteiger partial charge in [-0.1, -0.05) is 166 Å². The molecular formula is C103H118N12O16S2+2. The van der Waals surface area contributed by atoms with Gasteiger partial charge in [0.25, 0.3) is 37.7 Å². The van der Waals surface area contributed by atoms with Crippen molar-refractivity contribution in [2.75, 3.05) is 61.5 Å². The average Bonchev–Trinajstić information content (AvgIpc) is 1.60. The summed E-state index contributed by atoms with van der Waals surface area (Å²) < 4.78 is 90.8. The van der Waals surface area contributed by atoms with Crippen molar-refractivity contribution < 1.29 is 78.2 Å². The number of non-ortho nitro benzene ring substituents is 1. The van der Waals surface area contributed by atoms with Crippen LogP contribution in [-0.4, -0.2) is 146 Å². The summed E-state index contributed by atoms with van der Waals surface area (Å²) in [5, 5.41) is 14.6. The van der Waals surface area contributed by atoms with E-state index in [0.717, 1.165) is 94.2 Å². The fourth-order valence-corrected chi connectivity index (χ4v) is 18.8. The quantitative estimate of drug-likeness (QED) is 0.00454. The van der Waals surface area contributed by atoms with Crippen LogP contribution in [0.4, 0.5) is 34.4 Å². The number of carbonyl (C=O) groups is 4. The lowest BCUT2D eigenvalue weighted by Gasteiger charge is -2.27. The molecule has 28 nitrogen and oxygen atoms in total. The maximum absolute atomic E-state index is 13.0. The topological polar surface area (TPSA) is 365 Å². The number of hydrogen-bond acceptors (Lipinski definition) is 20. The predicted octanol–water partition coefficient (Wildman–Crippen LogP) is 18.2. The molecule has 133 heavy (non-hydrogen) atoms. The number of aromatic nitrogens is 4. The van der Waals surface area contributed by atoms with Crippen LogP contribution in [0.2, 0.25) is 0 Å². The smallest absolute Gasteiger partial charge is 0.333 e. The zero-order chi connectivity index (χ0) is 95.0. The number of aromatic amines is 1. The summed E-state index contributed by atoms with van der Waals surface area (Å²) in [7, 11) is -8.85. The number of hydrogen-bond donors (Lipinski definition) is 5. The van der Waals surface area contributed by atoms with Gasteiger partial charge in [0.15, 0.2) is 17.1 Å². The van der Waals surface area contributed by atoms with Gasteiger partial charge in [0.05, 0.1) is 58.3 Å². The number of H-pyrrole nitrogens is 1. The molecule has 6 aliphatic rings. The molecule has 1 fully saturated rings. The average molecular weight is 1840 g/mol. The zero-order valence-electron chi connectivity index (χ0n) is 77.0. The van der Waals surface area contributed by atoms with Crippen molar-refractivity contribution in [3.63, 3.8) is 0 Å². The number of nitrogens with one attached hydrogen (secondary N) is 2. The second-order valence-electron chi connectivity index (χ2n) is 35.9. The Morgan fingerprint density at radius 3 is 1.72 bits per heavy atom. The van der Waals surface area contributed by atoms with E-state index < -0.39 is 53.8 Å². The number of carbonyl (C=O) groups excluding carboxylic acids is 4. The minimum Gasteiger partial charge on any atom is -0.471 e. The molecule has 0 unspecified atom stereocenters. The van der Waals surface area contributed by atoms with Gasteiger partial charge >= 0.3 is 5.97 Å². The van der Waals surface area contributed by atoms with Gasteiger partial charge in [-0.25, -0.2) is 9.78 Å². The van der Waals surface area contributed by atoms with Crippen molar-refractivity contribution in [3.8, 4) is 5.88 Å². The molecule has 0 radical (unpaired) electrons. The number of allylic oxidation sites excluding steroid dienone is 20. The standard InChI is InChI=1S/C54H61N9O9S.C49H55N3O7S/c1-36-13-23-44-42(30-36)53(2,3)47(62(44)26-27-70-28-29-71-33-38-18-20-40(21-19-38)63(65)66)11-9-10-46-54(4,5)43-31-41(73(67,68)69)22-24-45(43)61(46)25-8-6-7-12-48(64)56-32-37-14-16-39(17-15-37)34-72-51-49-50(58-35-57-49)59-52(55)60-51;1-36-26-28-41-39(34-36)48(2,3)43(51(41)33-19-22-37-20-13-8-6-9-14-21-37)23-15-10-7-11-16-24-44-49(4,5)40-35-38(60(56,57)58)27-29-42(40)50(44)32-18-12-17-25-47(55)59-52-45(53)30-31-46(52)54/h9-11,13-24,30-31,35H,6-8,12,25-29,32-34H2,1-5H3,(H4-,55,56,57,58,59,60,64,67,68,69);6-11,13-16,20-21,23-24,26-29,34-35H,12,17-19,22,25,30-33H2,1-5H3/p+2/b;8-6-,9-6?,13-8?,14-9-,20-13?,21-14?,37-20?,37-21?. The van der Waals surface area contributed by atoms with Crippen molar-refractivity contribution >= 4 is 101 Å². The number of amides is 3. The summed E-state index contributed by atoms with van der Waals surface area (Å²) >= 11 is 0. The summed E-state index contributed by atoms with van der Waals surface area (Å²) in [5.74, 6) is -1.27. The molecular weight excluding hydrogens is 1730 g/mol. The number of imide groups is 1. The van der Waals surface area contributed by atoms with E-state index in [-0.39, 0.29) is 64.0 Å². The van der Waals surface area contributed by atoms with E-state index in [0.29, 0.717) is 107 Å². The van der Waals surface area contributed by atoms with Crippen LogP contribution in [0.5, 0.6) is 5.88 Å². The van der Waals surface area contributed by atoms with Crippen molar-refractivity contribution in [2.24, 2.45) is 0 Å². The van der Waals surface area contributed by atoms with E-state index in [1.165, 1.54) is 75.9 Å². The van der Waals surface area contributed by atoms with Crippen LogP contribution < -0.4 is 25.6 Å². The molecule has 3 amide bonds. The Labute approximate surface area is 777 Å². The number of ether oxygens (including phenoxy) is 3. The molecule has 30 heteroatoms. The first-order chi connectivity index (χ1) is 63.5. The fourth-order valence-electron chi connectivity index (χ4n) is 17.8. The molecule has 2 aromatic heterocycles. The number of nitrogens with two attached hydrogens (primary N) is 1. The third-order valence-corrected chi connectivity index (χ3v) is 26.6. The minimum atomic E-state index is -4.44. The minimum absolute atomic E-state index is 0.0374. The molecule has 6 N–H and O–H groups in total. The number of fused-ring (bicyclic) bond motifs is 5. The molecule has 14 rings (SSSR count). The number of imidazole rings is 1. The second kappa shape index (κ2) is 42.7. The van der Waals surface area contributed by atoms with Gasteiger partial charge in [-0.3, -0.25) is 33.6 Å². The Morgan fingerprint density at radius 1 is 0.579 bits per heavy atom. The summed E-state index contributed by atoms with van der Waals surface area (Å²) in [6.45, 7) is 26.3. The Bertz CT molecular complexity index is 6370. The molecule has 6 aromatic carbocycles. The lowest BCUT2D eigenvalue weighted by molar-refractivity contribution is -0.438. The number of nitrogens with zero attached hydrogens (tertiary/aromatic N) is 9. The van der Waals surface area contributed by atoms with E-state index in [1.54, 1.807) is 30.3 Å². The number of aryl methyl sites for hydroxylation is 2. The highest BCUT2D eigenvalue weighted by molar-refractivity contribution is 7.86. The molecule has 1 saturated heterocycles. The maximum atomic E-state index is 13.0. The normalized spacial score (nSPS) is 17.5. The molecule has 0 atom stereocenters. The Hall–Kier alpha value is -13.0. The van der Waals surface area contributed by atoms with Crippen molar-refractivity contribution in [1.29, 1.82) is 0 Å². The monoisotopic (exact) mass is 1840 g/mol. The largest absolute Gasteiger partial charge is 0.471 e. The third kappa shape index (κ3) is 23.7. The number of anilines is 3. The van der Waals surface area contributed by atoms with E-state index in [9.17, 15) is 55.2 Å². The van der Waals surface area contributed by atoms with Crippen LogP contribution in [0.15, 0.2) is 258 Å². The highest BCUT2D eigenvalue weighted by atomic mass is 32.2. The molecule has 5 aliphatic heterocycles. The summed E-state index contributed by atoms with van der Waals surface area (Å²) in [5.41, 5.74) is 24.1. The zero-order valence-corrected chi connectivity index (χ0v) is 78.7. The van der Waals surface area contributed by atoms with E-state index in [1.807, 2.05) is 74.6 Å². The SMILES string of the molecule is Cc1ccc2c(c1)C(C)(C)C(=CC=CC1=[N+](CCCCCC(=O)NCc3ccc(COc4nc(N)nc5nc[nH]c45)cc3)c3ccc(S(=O)(=O)O)cc3C1(C)C)N2CCOCCOCc1ccc([N+](=O)[O-])cc1.Cc1ccc2c(c1)C(C)(C)C(=CC=CC=CC=CC1=[N+](CCCCCC(=O)ON3C(=O)CCC3=O)c3ccc(S(=O)(=O)O)cc3C1(C)C)N2CCCC1=C/C=C\C=C/C=C1. The highest BCUT2D eigenvalue weighted by Gasteiger charge is 2.48. The number of benzene rings is 6. The predicted molar refractivity (Wildman–Crippen MR) is 515 cm³/mol. The number of hydroxylamine groups is 2. The Morgan fingerprint density at radius 2 is 1.11 bits per heavy atom. The lowest BCUT2D eigenvalue weighted by atomic mass is 9.81. The van der Waals surface area contributed by atoms with E-state index in [4.69, 9.17) is 24.8 Å². The number of nitrogen functional groups attached to an aromatic ring is 1. The number of nitro benzene ring substituents is 1. The molecule has 0 spiro atoms. The van der Waals surface area contributed by atoms with E-state index >= 15 is 0 Å². The first kappa shape index (κ1) is 97.6. The van der Waals surface area contributed by atoms with Gasteiger partial charge in [-0.05, 0) is 174 Å². The Balaban J connectivity index is 0.000000230. The third-order valence-electron chi connectivity index (χ3n) is 24.9. The van der Waals surface area contributed by atoms with Crippen LogP contribution >= 0.6 is 0 Å². The molecule has 8 aromatic rings. The van der Waals surface area contributed by atoms with Crippen LogP contribution in [0.3, 0.4) is 0 Å². The van der Waals surface area contributed by atoms with Crippen molar-refractivity contribution in [1.82, 2.24) is 30.3 Å². The Kier molecular flexibility index (Phi) is 31.3. The van der Waals surface area contributed by atoms with Gasteiger partial charge in [-0.2, -0.15) is 36.0 Å². The summed E-state index contributed by atoms with van der Waals surface area (Å²) in [6, 6.07) is 36.8. The lowest BCUT2D eigenvalue weighted by Crippen LogP contribution is -2.31. The van der Waals surface area contributed by atoms with Crippen molar-refractivity contribution in [2.45, 2.75) is 197 Å². The van der Waals surface area contributed by atoms with Crippen LogP contribution in [-0.2, 0) is 95.1 Å². The van der Waals surface area contributed by atoms with Crippen molar-refractivity contribution in [3.05, 3.63) is 308 Å². The molecule has 0 bridgehead atoms. The summed E-state index contributed by atoms with van der Waals surface area (Å²) in [6.07, 6.45) is 43.5. The molecule has 696 valence electrons. The van der Waals surface area contributed by atoms with Gasteiger partial charge < -0.3 is 44.9 Å². The fraction of sp³-hybridized carbons (Fsp3) is 0.350. The molecule has 7 heterocycles. The number of nitro groups is 1. The van der Waals surface area contributed by atoms with E-state index in [2.05, 4.69) is 203 Å². The first-order valence-electron chi connectivity index (χ1n) is 45.0. The number of rotatable bonds is 39. The maximum Gasteiger partial charge on any atom is 0.333 e. The van der Waals surface area contributed by atoms with Crippen LogP contribution in [0.25, 0.3) is 11.2 Å². The molecule has 1 aliphatic carbocycles. The van der Waals surface area contributed by atoms with Gasteiger partial charge in [-0.15, -0.1) is 5.06 Å². The number of unbranched alkanes of at least 4 members (excludes halogenated alkanes) is 4. The van der Waals surface area contributed by atoms with Gasteiger partial charge in [0.1, 0.15) is 25.2 Å². The summed E-state index contributed by atoms with van der Waals surface area (Å²) in [4.78, 5) is 84.2. The second-order valence-corrected chi connectivity index (χ2v) is 38.8. The molecule has 0 saturated carbocycles. The van der Waals surface area contributed by atoms with Gasteiger partial charge in [0, 0.05) is 139 Å². The van der Waals surface area contributed by atoms with Crippen LogP contribution in [0, 0.1) is 24.0 Å². The highest BCUT2D eigenvalue weighted by Crippen LogP contribution is 2.51. The van der Waals surface area contributed by atoms with Gasteiger partial charge in [0.2, 0.25) is 29.1 Å². The first-order valence-corrected chi connectivity index (χ1v) is 47.9.